The van der Waals surface area contributed by atoms with Gasteiger partial charge in [0.2, 0.25) is 0 Å². The Kier molecular flexibility index (Phi) is 4.90. The summed E-state index contributed by atoms with van der Waals surface area (Å²) in [6.45, 7) is 0. The summed E-state index contributed by atoms with van der Waals surface area (Å²) in [5, 5.41) is 10.1. The molecule has 4 aromatic heterocycles. The van der Waals surface area contributed by atoms with Gasteiger partial charge in [-0.3, -0.25) is 0 Å². The first-order chi connectivity index (χ1) is 22.8. The van der Waals surface area contributed by atoms with Crippen LogP contribution in [-0.2, 0) is 0 Å². The van der Waals surface area contributed by atoms with Crippen molar-refractivity contribution in [2.45, 2.75) is 0 Å². The minimum atomic E-state index is 0.905. The van der Waals surface area contributed by atoms with Crippen LogP contribution < -0.4 is 0 Å². The van der Waals surface area contributed by atoms with E-state index < -0.39 is 0 Å². The van der Waals surface area contributed by atoms with Crippen LogP contribution in [0.25, 0.3) is 101 Å². The molecule has 0 N–H and O–H groups in total. The van der Waals surface area contributed by atoms with E-state index in [4.69, 9.17) is 4.42 Å². The Morgan fingerprint density at radius 1 is 0.435 bits per heavy atom. The zero-order valence-corrected chi connectivity index (χ0v) is 26.1. The molecule has 4 heteroatoms. The van der Waals surface area contributed by atoms with Gasteiger partial charge < -0.3 is 8.98 Å². The predicted octanol–water partition coefficient (Wildman–Crippen LogP) is 13.1. The van der Waals surface area contributed by atoms with Crippen molar-refractivity contribution in [3.05, 3.63) is 140 Å². The normalized spacial score (nSPS) is 12.3. The van der Waals surface area contributed by atoms with Crippen molar-refractivity contribution in [2.75, 3.05) is 0 Å². The van der Waals surface area contributed by atoms with E-state index >= 15 is 0 Å². The van der Waals surface area contributed by atoms with E-state index in [1.807, 2.05) is 22.7 Å². The van der Waals surface area contributed by atoms with Crippen molar-refractivity contribution in [3.8, 4) is 16.8 Å². The molecule has 4 heterocycles. The van der Waals surface area contributed by atoms with Crippen molar-refractivity contribution < 1.29 is 4.42 Å². The van der Waals surface area contributed by atoms with Gasteiger partial charge in [-0.15, -0.1) is 22.7 Å². The molecule has 2 nitrogen and oxygen atoms in total. The Morgan fingerprint density at radius 3 is 1.91 bits per heavy atom. The highest BCUT2D eigenvalue weighted by atomic mass is 32.1. The first-order valence-corrected chi connectivity index (χ1v) is 17.1. The van der Waals surface area contributed by atoms with Crippen molar-refractivity contribution in [3.63, 3.8) is 0 Å². The van der Waals surface area contributed by atoms with E-state index in [0.29, 0.717) is 0 Å². The molecule has 0 aliphatic rings. The molecule has 0 spiro atoms. The number of hydrogen-bond acceptors (Lipinski definition) is 3. The number of fused-ring (bicyclic) bond motifs is 13. The van der Waals surface area contributed by atoms with E-state index in [0.717, 1.165) is 33.2 Å². The lowest BCUT2D eigenvalue weighted by Crippen LogP contribution is -1.93. The predicted molar refractivity (Wildman–Crippen MR) is 199 cm³/mol. The number of para-hydroxylation sites is 2. The number of hydrogen-bond donors (Lipinski definition) is 0. The summed E-state index contributed by atoms with van der Waals surface area (Å²) >= 11 is 3.75. The van der Waals surface area contributed by atoms with Crippen molar-refractivity contribution in [1.82, 2.24) is 4.57 Å². The molecule has 11 aromatic rings. The second kappa shape index (κ2) is 9.07. The molecule has 11 rings (SSSR count). The van der Waals surface area contributed by atoms with Crippen LogP contribution in [0.4, 0.5) is 0 Å². The van der Waals surface area contributed by atoms with E-state index in [-0.39, 0.29) is 0 Å². The first-order valence-electron chi connectivity index (χ1n) is 15.5. The first kappa shape index (κ1) is 24.8. The third-order valence-corrected chi connectivity index (χ3v) is 12.0. The Hall–Kier alpha value is -5.42. The number of benzene rings is 7. The molecule has 0 radical (unpaired) electrons. The topological polar surface area (TPSA) is 18.1 Å². The molecule has 0 atom stereocenters. The van der Waals surface area contributed by atoms with Crippen LogP contribution in [0.5, 0.6) is 0 Å². The summed E-state index contributed by atoms with van der Waals surface area (Å²) in [6, 6.07) is 50.7. The molecule has 0 amide bonds. The monoisotopic (exact) mass is 621 g/mol. The summed E-state index contributed by atoms with van der Waals surface area (Å²) in [7, 11) is 0. The van der Waals surface area contributed by atoms with E-state index in [9.17, 15) is 0 Å². The lowest BCUT2D eigenvalue weighted by Gasteiger charge is -2.08. The van der Waals surface area contributed by atoms with E-state index in [1.165, 1.54) is 67.7 Å². The van der Waals surface area contributed by atoms with Crippen molar-refractivity contribution >= 4 is 107 Å². The molecule has 46 heavy (non-hydrogen) atoms. The largest absolute Gasteiger partial charge is 0.455 e. The lowest BCUT2D eigenvalue weighted by atomic mass is 10.0. The van der Waals surface area contributed by atoms with Gasteiger partial charge in [-0.25, -0.2) is 0 Å². The third-order valence-electron chi connectivity index (χ3n) is 9.61. The SMILES string of the molecule is c1ccc2c(c1)sc1c(-c3cccc4c3oc3ccc(-n5c6ccccc6c6c7sc8ccccc8c7ccc65)cc34)cccc12. The summed E-state index contributed by atoms with van der Waals surface area (Å²) in [5.74, 6) is 0. The van der Waals surface area contributed by atoms with Gasteiger partial charge in [0, 0.05) is 78.7 Å². The number of thiophene rings is 2. The highest BCUT2D eigenvalue weighted by Gasteiger charge is 2.20. The maximum absolute atomic E-state index is 6.70. The smallest absolute Gasteiger partial charge is 0.143 e. The molecular formula is C42H23NOS2. The molecule has 214 valence electrons. The van der Waals surface area contributed by atoms with Crippen LogP contribution in [0.3, 0.4) is 0 Å². The maximum atomic E-state index is 6.70. The molecule has 0 bridgehead atoms. The third kappa shape index (κ3) is 3.24. The van der Waals surface area contributed by atoms with E-state index in [1.54, 1.807) is 0 Å². The Bertz CT molecular complexity index is 3040. The van der Waals surface area contributed by atoms with Crippen LogP contribution >= 0.6 is 22.7 Å². The second-order valence-electron chi connectivity index (χ2n) is 12.0. The number of nitrogens with zero attached hydrogens (tertiary/aromatic N) is 1. The fraction of sp³-hybridized carbons (Fsp3) is 0. The minimum Gasteiger partial charge on any atom is -0.455 e. The van der Waals surface area contributed by atoms with Gasteiger partial charge in [0.15, 0.2) is 0 Å². The molecular weight excluding hydrogens is 599 g/mol. The summed E-state index contributed by atoms with van der Waals surface area (Å²) in [6.07, 6.45) is 0. The van der Waals surface area contributed by atoms with Gasteiger partial charge >= 0.3 is 0 Å². The van der Waals surface area contributed by atoms with Gasteiger partial charge in [0.25, 0.3) is 0 Å². The average Bonchev–Trinajstić information content (AvgIpc) is 3.86. The molecule has 0 saturated heterocycles. The lowest BCUT2D eigenvalue weighted by molar-refractivity contribution is 0.670. The van der Waals surface area contributed by atoms with Crippen molar-refractivity contribution in [1.29, 1.82) is 0 Å². The van der Waals surface area contributed by atoms with Crippen LogP contribution in [0.15, 0.2) is 144 Å². The Balaban J connectivity index is 1.17. The summed E-state index contributed by atoms with van der Waals surface area (Å²) in [5.41, 5.74) is 7.78. The van der Waals surface area contributed by atoms with Crippen LogP contribution in [0.1, 0.15) is 0 Å². The molecule has 0 fully saturated rings. The van der Waals surface area contributed by atoms with Gasteiger partial charge in [-0.05, 0) is 42.5 Å². The van der Waals surface area contributed by atoms with E-state index in [2.05, 4.69) is 144 Å². The van der Waals surface area contributed by atoms with Crippen molar-refractivity contribution in [2.24, 2.45) is 0 Å². The highest BCUT2D eigenvalue weighted by molar-refractivity contribution is 7.27. The van der Waals surface area contributed by atoms with Gasteiger partial charge in [0.05, 0.1) is 11.0 Å². The molecule has 0 aliphatic carbocycles. The standard InChI is InChI=1S/C42H23NOS2/c1-4-16-34-32(11-1)39-35(21-20-31-26-10-3-6-18-38(26)46-42(31)39)43(34)24-19-22-36-33(23-24)28-13-7-12-27(40(28)44-36)30-15-8-14-29-25-9-2-5-17-37(25)45-41(29)30/h1-23H. The Morgan fingerprint density at radius 2 is 1.09 bits per heavy atom. The van der Waals surface area contributed by atoms with Gasteiger partial charge in [-0.1, -0.05) is 97.1 Å². The summed E-state index contributed by atoms with van der Waals surface area (Å²) < 4.78 is 14.4. The highest BCUT2D eigenvalue weighted by Crippen LogP contribution is 2.45. The fourth-order valence-corrected chi connectivity index (χ4v) is 10.1. The Labute approximate surface area is 270 Å². The molecule has 0 aliphatic heterocycles. The number of aromatic nitrogens is 1. The summed E-state index contributed by atoms with van der Waals surface area (Å²) in [4.78, 5) is 0. The zero-order chi connectivity index (χ0) is 29.9. The molecule has 0 unspecified atom stereocenters. The average molecular weight is 622 g/mol. The quantitative estimate of drug-likeness (QED) is 0.188. The van der Waals surface area contributed by atoms with Gasteiger partial charge in [-0.2, -0.15) is 0 Å². The van der Waals surface area contributed by atoms with Crippen LogP contribution in [0.2, 0.25) is 0 Å². The molecule has 7 aromatic carbocycles. The molecule has 0 saturated carbocycles. The second-order valence-corrected chi connectivity index (χ2v) is 14.1. The number of furan rings is 1. The minimum absolute atomic E-state index is 0.905. The number of rotatable bonds is 2. The zero-order valence-electron chi connectivity index (χ0n) is 24.5. The van der Waals surface area contributed by atoms with Crippen LogP contribution in [-0.4, -0.2) is 4.57 Å². The van der Waals surface area contributed by atoms with Gasteiger partial charge in [0.1, 0.15) is 11.2 Å². The maximum Gasteiger partial charge on any atom is 0.143 e. The van der Waals surface area contributed by atoms with Crippen LogP contribution in [0, 0.1) is 0 Å². The fourth-order valence-electron chi connectivity index (χ4n) is 7.61.